The highest BCUT2D eigenvalue weighted by atomic mass is 32.2. The highest BCUT2D eigenvalue weighted by Gasteiger charge is 2.24. The SMILES string of the molecule is C[C@H]1CCN(C(=O)CN(C)Cc2ccc(F)cc2)c2ccccc2S1. The van der Waals surface area contributed by atoms with Crippen LogP contribution in [0.1, 0.15) is 18.9 Å². The van der Waals surface area contributed by atoms with Crippen LogP contribution in [0.5, 0.6) is 0 Å². The lowest BCUT2D eigenvalue weighted by molar-refractivity contribution is -0.119. The number of nitrogens with zero attached hydrogens (tertiary/aromatic N) is 2. The molecule has 0 saturated heterocycles. The molecular formula is C20H23FN2OS. The first kappa shape index (κ1) is 18.0. The number of hydrogen-bond donors (Lipinski definition) is 0. The Morgan fingerprint density at radius 3 is 2.72 bits per heavy atom. The molecule has 0 aromatic heterocycles. The fourth-order valence-corrected chi connectivity index (χ4v) is 4.13. The molecule has 3 nitrogen and oxygen atoms in total. The van der Waals surface area contributed by atoms with Crippen LogP contribution in [0, 0.1) is 5.82 Å². The van der Waals surface area contributed by atoms with Crippen LogP contribution in [0.2, 0.25) is 0 Å². The number of carbonyl (C=O) groups excluding carboxylic acids is 1. The van der Waals surface area contributed by atoms with Gasteiger partial charge in [-0.1, -0.05) is 31.2 Å². The van der Waals surface area contributed by atoms with Gasteiger partial charge in [0.1, 0.15) is 5.82 Å². The number of fused-ring (bicyclic) bond motifs is 1. The Hall–Kier alpha value is -1.85. The number of para-hydroxylation sites is 1. The molecule has 1 aliphatic rings. The molecule has 2 aromatic rings. The predicted octanol–water partition coefficient (Wildman–Crippen LogP) is 4.18. The van der Waals surface area contributed by atoms with E-state index < -0.39 is 0 Å². The van der Waals surface area contributed by atoms with Crippen LogP contribution in [-0.4, -0.2) is 36.2 Å². The van der Waals surface area contributed by atoms with Crippen molar-refractivity contribution in [3.05, 3.63) is 59.9 Å². The summed E-state index contributed by atoms with van der Waals surface area (Å²) >= 11 is 1.83. The Morgan fingerprint density at radius 1 is 1.24 bits per heavy atom. The lowest BCUT2D eigenvalue weighted by Gasteiger charge is -2.25. The van der Waals surface area contributed by atoms with Crippen LogP contribution in [0.3, 0.4) is 0 Å². The second kappa shape index (κ2) is 8.02. The van der Waals surface area contributed by atoms with Crippen LogP contribution in [0.25, 0.3) is 0 Å². The number of carbonyl (C=O) groups is 1. The van der Waals surface area contributed by atoms with Crippen LogP contribution in [0.4, 0.5) is 10.1 Å². The van der Waals surface area contributed by atoms with Gasteiger partial charge in [-0.2, -0.15) is 0 Å². The van der Waals surface area contributed by atoms with Gasteiger partial charge in [0, 0.05) is 23.2 Å². The van der Waals surface area contributed by atoms with Crippen LogP contribution >= 0.6 is 11.8 Å². The third-order valence-electron chi connectivity index (χ3n) is 4.32. The Labute approximate surface area is 152 Å². The molecule has 132 valence electrons. The smallest absolute Gasteiger partial charge is 0.241 e. The molecule has 1 aliphatic heterocycles. The molecule has 0 saturated carbocycles. The van der Waals surface area contributed by atoms with E-state index in [0.717, 1.165) is 24.2 Å². The standard InChI is InChI=1S/C20H23FN2OS/c1-15-11-12-23(18-5-3-4-6-19(18)25-15)20(24)14-22(2)13-16-7-9-17(21)10-8-16/h3-10,15H,11-14H2,1-2H3/t15-/m0/s1. The largest absolute Gasteiger partial charge is 0.310 e. The number of halogens is 1. The average molecular weight is 358 g/mol. The Bertz CT molecular complexity index is 735. The Balaban J connectivity index is 1.69. The Kier molecular flexibility index (Phi) is 5.76. The molecule has 0 bridgehead atoms. The van der Waals surface area contributed by atoms with Crippen LogP contribution in [0.15, 0.2) is 53.4 Å². The number of hydrogen-bond acceptors (Lipinski definition) is 3. The molecule has 0 unspecified atom stereocenters. The summed E-state index contributed by atoms with van der Waals surface area (Å²) in [6.45, 7) is 3.90. The first-order valence-electron chi connectivity index (χ1n) is 8.52. The predicted molar refractivity (Wildman–Crippen MR) is 101 cm³/mol. The molecule has 25 heavy (non-hydrogen) atoms. The number of thioether (sulfide) groups is 1. The zero-order chi connectivity index (χ0) is 17.8. The summed E-state index contributed by atoms with van der Waals surface area (Å²) in [7, 11) is 1.92. The minimum atomic E-state index is -0.240. The van der Waals surface area contributed by atoms with E-state index in [4.69, 9.17) is 0 Å². The fourth-order valence-electron chi connectivity index (χ4n) is 3.02. The highest BCUT2D eigenvalue weighted by molar-refractivity contribution is 8.00. The number of amides is 1. The quantitative estimate of drug-likeness (QED) is 0.819. The molecule has 0 N–H and O–H groups in total. The molecule has 3 rings (SSSR count). The van der Waals surface area contributed by atoms with E-state index in [0.29, 0.717) is 18.3 Å². The van der Waals surface area contributed by atoms with Gasteiger partial charge in [0.2, 0.25) is 5.91 Å². The lowest BCUT2D eigenvalue weighted by atomic mass is 10.2. The van der Waals surface area contributed by atoms with E-state index in [9.17, 15) is 9.18 Å². The minimum absolute atomic E-state index is 0.103. The van der Waals surface area contributed by atoms with Gasteiger partial charge in [0.25, 0.3) is 0 Å². The summed E-state index contributed by atoms with van der Waals surface area (Å²) in [6, 6.07) is 14.5. The maximum absolute atomic E-state index is 13.0. The minimum Gasteiger partial charge on any atom is -0.310 e. The molecule has 0 fully saturated rings. The topological polar surface area (TPSA) is 23.6 Å². The van der Waals surface area contributed by atoms with E-state index in [1.165, 1.54) is 17.0 Å². The molecule has 1 atom stereocenters. The maximum atomic E-state index is 13.0. The van der Waals surface area contributed by atoms with Crippen LogP contribution in [-0.2, 0) is 11.3 Å². The summed E-state index contributed by atoms with van der Waals surface area (Å²) in [6.07, 6.45) is 0.979. The van der Waals surface area contributed by atoms with E-state index in [1.54, 1.807) is 12.1 Å². The summed E-state index contributed by atoms with van der Waals surface area (Å²) in [5.41, 5.74) is 2.01. The van der Waals surface area contributed by atoms with Crippen molar-refractivity contribution in [1.82, 2.24) is 4.90 Å². The molecule has 0 aliphatic carbocycles. The van der Waals surface area contributed by atoms with Gasteiger partial charge in [0.15, 0.2) is 0 Å². The first-order valence-corrected chi connectivity index (χ1v) is 9.40. The monoisotopic (exact) mass is 358 g/mol. The second-order valence-electron chi connectivity index (χ2n) is 6.53. The third kappa shape index (κ3) is 4.61. The second-order valence-corrected chi connectivity index (χ2v) is 8.01. The Morgan fingerprint density at radius 2 is 1.96 bits per heavy atom. The van der Waals surface area contributed by atoms with E-state index in [2.05, 4.69) is 13.0 Å². The van der Waals surface area contributed by atoms with Gasteiger partial charge in [-0.05, 0) is 43.3 Å². The van der Waals surface area contributed by atoms with Gasteiger partial charge in [0.05, 0.1) is 12.2 Å². The van der Waals surface area contributed by atoms with E-state index in [1.807, 2.05) is 46.8 Å². The van der Waals surface area contributed by atoms with Crippen molar-refractivity contribution in [1.29, 1.82) is 0 Å². The number of benzene rings is 2. The maximum Gasteiger partial charge on any atom is 0.241 e. The van der Waals surface area contributed by atoms with Gasteiger partial charge < -0.3 is 4.90 Å². The number of rotatable bonds is 4. The normalized spacial score (nSPS) is 17.3. The molecule has 2 aromatic carbocycles. The third-order valence-corrected chi connectivity index (χ3v) is 5.55. The van der Waals surface area contributed by atoms with Crippen molar-refractivity contribution in [2.45, 2.75) is 30.0 Å². The van der Waals surface area contributed by atoms with Crippen molar-refractivity contribution in [3.63, 3.8) is 0 Å². The van der Waals surface area contributed by atoms with E-state index in [-0.39, 0.29) is 11.7 Å². The molecule has 1 amide bonds. The highest BCUT2D eigenvalue weighted by Crippen LogP contribution is 2.37. The zero-order valence-corrected chi connectivity index (χ0v) is 15.4. The first-order chi connectivity index (χ1) is 12.0. The molecular weight excluding hydrogens is 335 g/mol. The van der Waals surface area contributed by atoms with Crippen molar-refractivity contribution in [2.24, 2.45) is 0 Å². The van der Waals surface area contributed by atoms with Crippen LogP contribution < -0.4 is 4.90 Å². The molecule has 0 radical (unpaired) electrons. The van der Waals surface area contributed by atoms with Crippen molar-refractivity contribution in [3.8, 4) is 0 Å². The fraction of sp³-hybridized carbons (Fsp3) is 0.350. The van der Waals surface area contributed by atoms with Crippen molar-refractivity contribution < 1.29 is 9.18 Å². The number of anilines is 1. The summed E-state index contributed by atoms with van der Waals surface area (Å²) in [5.74, 6) is -0.137. The van der Waals surface area contributed by atoms with Gasteiger partial charge in [-0.15, -0.1) is 11.8 Å². The molecule has 5 heteroatoms. The van der Waals surface area contributed by atoms with E-state index >= 15 is 0 Å². The summed E-state index contributed by atoms with van der Waals surface area (Å²) in [5, 5.41) is 0.496. The van der Waals surface area contributed by atoms with Crippen molar-refractivity contribution >= 4 is 23.4 Å². The summed E-state index contributed by atoms with van der Waals surface area (Å²) in [4.78, 5) is 17.9. The van der Waals surface area contributed by atoms with Gasteiger partial charge >= 0.3 is 0 Å². The van der Waals surface area contributed by atoms with Crippen molar-refractivity contribution in [2.75, 3.05) is 25.0 Å². The van der Waals surface area contributed by atoms with Gasteiger partial charge in [-0.25, -0.2) is 4.39 Å². The lowest BCUT2D eigenvalue weighted by Crippen LogP contribution is -2.39. The zero-order valence-electron chi connectivity index (χ0n) is 14.6. The number of likely N-dealkylation sites (N-methyl/N-ethyl adjacent to an activating group) is 1. The molecule has 0 spiro atoms. The van der Waals surface area contributed by atoms with Gasteiger partial charge in [-0.3, -0.25) is 9.69 Å². The summed E-state index contributed by atoms with van der Waals surface area (Å²) < 4.78 is 13.0. The average Bonchev–Trinajstić information content (AvgIpc) is 2.75. The molecule has 1 heterocycles.